The van der Waals surface area contributed by atoms with Gasteiger partial charge < -0.3 is 24.0 Å². The third kappa shape index (κ3) is 818. The Morgan fingerprint density at radius 2 is 1.25 bits per heavy atom. The summed E-state index contributed by atoms with van der Waals surface area (Å²) >= 11 is 0. The zero-order valence-electron chi connectivity index (χ0n) is 5.51. The molecule has 0 aliphatic rings. The standard InChI is InChI=1S/CH2O3.Al.Mg.2H2O.5H/c2-1(3)4;;;;;;;;;/h(H2,2,3,4);;;2*1H2;;;;;/q;;+2;;;;;;2*-1. The van der Waals surface area contributed by atoms with Crippen LogP contribution in [0.25, 0.3) is 0 Å². The van der Waals surface area contributed by atoms with Gasteiger partial charge in [0.15, 0.2) is 17.4 Å². The molecular weight excluding hydrogens is 143 g/mol. The van der Waals surface area contributed by atoms with Gasteiger partial charge in [0.2, 0.25) is 0 Å². The average Bonchev–Trinajstić information content (AvgIpc) is 0.811. The topological polar surface area (TPSA) is 121 Å². The molecule has 0 heterocycles. The summed E-state index contributed by atoms with van der Waals surface area (Å²) in [5.74, 6) is 0. The molecular formula is CH11AlMgO5. The Balaban J connectivity index is -0.00000000300. The van der Waals surface area contributed by atoms with Crippen LogP contribution < -0.4 is 0 Å². The zero-order chi connectivity index (χ0) is 3.58. The SMILES string of the molecule is O.O.O=C(O)O.[AlH3].[H-].[H-].[Mg+2]. The van der Waals surface area contributed by atoms with E-state index in [9.17, 15) is 0 Å². The molecule has 0 spiro atoms. The summed E-state index contributed by atoms with van der Waals surface area (Å²) in [6, 6.07) is 0. The first-order valence-electron chi connectivity index (χ1n) is 0.651. The van der Waals surface area contributed by atoms with E-state index >= 15 is 0 Å². The third-order valence-corrected chi connectivity index (χ3v) is 0. The first-order chi connectivity index (χ1) is 1.73. The van der Waals surface area contributed by atoms with E-state index in [2.05, 4.69) is 0 Å². The molecule has 7 heteroatoms. The first-order valence-corrected chi connectivity index (χ1v) is 0.651. The zero-order valence-corrected chi connectivity index (χ0v) is 4.92. The van der Waals surface area contributed by atoms with E-state index in [1.807, 2.05) is 0 Å². The van der Waals surface area contributed by atoms with Crippen LogP contribution in [0.5, 0.6) is 0 Å². The normalized spacial score (nSPS) is 3.00. The molecule has 0 aromatic heterocycles. The van der Waals surface area contributed by atoms with Crippen LogP contribution >= 0.6 is 0 Å². The van der Waals surface area contributed by atoms with Gasteiger partial charge in [-0.05, 0) is 0 Å². The second kappa shape index (κ2) is 25.9. The van der Waals surface area contributed by atoms with Gasteiger partial charge in [0.1, 0.15) is 0 Å². The summed E-state index contributed by atoms with van der Waals surface area (Å²) in [7, 11) is 0. The van der Waals surface area contributed by atoms with E-state index in [1.165, 1.54) is 0 Å². The molecule has 0 aromatic rings. The summed E-state index contributed by atoms with van der Waals surface area (Å²) < 4.78 is 0. The molecule has 0 saturated carbocycles. The molecule has 0 bridgehead atoms. The van der Waals surface area contributed by atoms with Gasteiger partial charge in [-0.25, -0.2) is 4.79 Å². The van der Waals surface area contributed by atoms with Crippen LogP contribution in [0.1, 0.15) is 2.85 Å². The number of hydrogen-bond acceptors (Lipinski definition) is 1. The van der Waals surface area contributed by atoms with Gasteiger partial charge in [0.05, 0.1) is 0 Å². The van der Waals surface area contributed by atoms with Gasteiger partial charge >= 0.3 is 29.2 Å². The van der Waals surface area contributed by atoms with Crippen LogP contribution in [0, 0.1) is 0 Å². The molecule has 8 heavy (non-hydrogen) atoms. The fourth-order valence-corrected chi connectivity index (χ4v) is 0. The van der Waals surface area contributed by atoms with E-state index in [0.29, 0.717) is 0 Å². The average molecular weight is 154 g/mol. The Morgan fingerprint density at radius 1 is 1.25 bits per heavy atom. The summed E-state index contributed by atoms with van der Waals surface area (Å²) in [6.07, 6.45) is -1.83. The summed E-state index contributed by atoms with van der Waals surface area (Å²) in [4.78, 5) is 8.56. The minimum absolute atomic E-state index is 0. The van der Waals surface area contributed by atoms with Crippen LogP contribution in [0.3, 0.4) is 0 Å². The van der Waals surface area contributed by atoms with Gasteiger partial charge in [-0.2, -0.15) is 0 Å². The molecule has 0 aromatic carbocycles. The Hall–Kier alpha value is 0.489. The molecule has 0 saturated heterocycles. The van der Waals surface area contributed by atoms with Crippen LogP contribution in [0.4, 0.5) is 4.79 Å². The molecule has 0 unspecified atom stereocenters. The molecule has 0 radical (unpaired) electrons. The monoisotopic (exact) mass is 154 g/mol. The second-order valence-corrected chi connectivity index (χ2v) is 0.283. The van der Waals surface area contributed by atoms with Gasteiger partial charge in [-0.1, -0.05) is 0 Å². The van der Waals surface area contributed by atoms with Crippen LogP contribution in [0.15, 0.2) is 0 Å². The van der Waals surface area contributed by atoms with Crippen molar-refractivity contribution in [1.29, 1.82) is 0 Å². The van der Waals surface area contributed by atoms with Crippen LogP contribution in [-0.2, 0) is 0 Å². The van der Waals surface area contributed by atoms with Crippen molar-refractivity contribution in [2.45, 2.75) is 0 Å². The number of hydrogen-bond donors (Lipinski definition) is 2. The molecule has 0 aliphatic carbocycles. The molecule has 6 N–H and O–H groups in total. The fourth-order valence-electron chi connectivity index (χ4n) is 0. The van der Waals surface area contributed by atoms with Crippen molar-refractivity contribution >= 4 is 46.6 Å². The molecule has 0 amide bonds. The fraction of sp³-hybridized carbons (Fsp3) is 0. The Labute approximate surface area is 75.6 Å². The predicted molar refractivity (Wildman–Crippen MR) is 35.8 cm³/mol. The Morgan fingerprint density at radius 3 is 1.25 bits per heavy atom. The first kappa shape index (κ1) is 39.1. The van der Waals surface area contributed by atoms with Crippen molar-refractivity contribution in [3.05, 3.63) is 0 Å². The van der Waals surface area contributed by atoms with Crippen molar-refractivity contribution in [3.8, 4) is 0 Å². The summed E-state index contributed by atoms with van der Waals surface area (Å²) in [5.41, 5.74) is 0. The summed E-state index contributed by atoms with van der Waals surface area (Å²) in [6.45, 7) is 0. The van der Waals surface area contributed by atoms with Crippen molar-refractivity contribution in [3.63, 3.8) is 0 Å². The molecule has 5 nitrogen and oxygen atoms in total. The Bertz CT molecular complexity index is 42.6. The molecule has 0 rings (SSSR count). The maximum atomic E-state index is 8.56. The molecule has 50 valence electrons. The van der Waals surface area contributed by atoms with Gasteiger partial charge in [0, 0.05) is 0 Å². The molecule has 0 aliphatic heterocycles. The summed E-state index contributed by atoms with van der Waals surface area (Å²) in [5, 5.41) is 13.9. The van der Waals surface area contributed by atoms with E-state index in [0.717, 1.165) is 0 Å². The van der Waals surface area contributed by atoms with Crippen molar-refractivity contribution in [2.24, 2.45) is 0 Å². The van der Waals surface area contributed by atoms with E-state index in [4.69, 9.17) is 15.0 Å². The molecule has 0 fully saturated rings. The number of carbonyl (C=O) groups is 1. The smallest absolute Gasteiger partial charge is 1.00 e. The maximum absolute atomic E-state index is 8.56. The van der Waals surface area contributed by atoms with Gasteiger partial charge in [0.25, 0.3) is 0 Å². The van der Waals surface area contributed by atoms with Crippen LogP contribution in [0.2, 0.25) is 0 Å². The van der Waals surface area contributed by atoms with Crippen molar-refractivity contribution < 1.29 is 28.8 Å². The second-order valence-electron chi connectivity index (χ2n) is 0.283. The minimum atomic E-state index is -1.83. The van der Waals surface area contributed by atoms with E-state index in [-0.39, 0.29) is 54.2 Å². The predicted octanol–water partition coefficient (Wildman–Crippen LogP) is -2.77. The van der Waals surface area contributed by atoms with Crippen molar-refractivity contribution in [1.82, 2.24) is 0 Å². The van der Waals surface area contributed by atoms with Gasteiger partial charge in [-0.3, -0.25) is 0 Å². The Kier molecular flexibility index (Phi) is 127. The number of carboxylic acid groups (broad SMARTS) is 2. The number of rotatable bonds is 0. The van der Waals surface area contributed by atoms with Crippen LogP contribution in [-0.4, -0.2) is 67.7 Å². The quantitative estimate of drug-likeness (QED) is 0.367. The third-order valence-electron chi connectivity index (χ3n) is 0. The maximum Gasteiger partial charge on any atom is 2.00 e. The minimum Gasteiger partial charge on any atom is -1.00 e. The van der Waals surface area contributed by atoms with E-state index < -0.39 is 6.16 Å². The molecule has 0 atom stereocenters. The van der Waals surface area contributed by atoms with Crippen molar-refractivity contribution in [2.75, 3.05) is 0 Å². The largest absolute Gasteiger partial charge is 2.00 e. The van der Waals surface area contributed by atoms with E-state index in [1.54, 1.807) is 0 Å². The van der Waals surface area contributed by atoms with Gasteiger partial charge in [-0.15, -0.1) is 0 Å².